The first-order valence-electron chi connectivity index (χ1n) is 10.7. The molecule has 0 aliphatic carbocycles. The van der Waals surface area contributed by atoms with Gasteiger partial charge in [0.2, 0.25) is 23.6 Å². The first-order valence-corrected chi connectivity index (χ1v) is 10.7. The van der Waals surface area contributed by atoms with E-state index in [4.69, 9.17) is 11.5 Å². The highest BCUT2D eigenvalue weighted by Gasteiger charge is 2.34. The number of carboxylic acid groups (broad SMARTS) is 2. The first kappa shape index (κ1) is 29.0. The monoisotopic (exact) mass is 497 g/mol. The number of rotatable bonds is 15. The van der Waals surface area contributed by atoms with Crippen molar-refractivity contribution in [3.8, 4) is 0 Å². The number of hydrogen-bond acceptors (Lipinski definition) is 8. The topological polar surface area (TPSA) is 260 Å². The summed E-state index contributed by atoms with van der Waals surface area (Å²) in [6.07, 6.45) is 1.78. The van der Waals surface area contributed by atoms with Crippen LogP contribution in [0.15, 0.2) is 12.5 Å². The molecule has 10 N–H and O–H groups in total. The molecule has 4 amide bonds. The van der Waals surface area contributed by atoms with E-state index in [2.05, 4.69) is 25.9 Å². The number of imidazole rings is 1. The van der Waals surface area contributed by atoms with Crippen LogP contribution in [0.4, 0.5) is 0 Å². The van der Waals surface area contributed by atoms with Crippen molar-refractivity contribution in [1.29, 1.82) is 0 Å². The van der Waals surface area contributed by atoms with E-state index >= 15 is 0 Å². The predicted octanol–water partition coefficient (Wildman–Crippen LogP) is -2.79. The van der Waals surface area contributed by atoms with Crippen LogP contribution in [-0.2, 0) is 35.2 Å². The van der Waals surface area contributed by atoms with Crippen LogP contribution in [0.25, 0.3) is 0 Å². The molecular weight excluding hydrogens is 466 g/mol. The van der Waals surface area contributed by atoms with Gasteiger partial charge in [-0.25, -0.2) is 9.78 Å². The van der Waals surface area contributed by atoms with Gasteiger partial charge in [-0.1, -0.05) is 20.3 Å². The maximum Gasteiger partial charge on any atom is 0.326 e. The second-order valence-electron chi connectivity index (χ2n) is 7.99. The fourth-order valence-electron chi connectivity index (χ4n) is 3.01. The Morgan fingerprint density at radius 2 is 1.63 bits per heavy atom. The highest BCUT2D eigenvalue weighted by molar-refractivity contribution is 5.96. The van der Waals surface area contributed by atoms with E-state index in [0.717, 1.165) is 0 Å². The van der Waals surface area contributed by atoms with Crippen LogP contribution in [0.2, 0.25) is 0 Å². The molecule has 1 rings (SSSR count). The number of nitrogens with zero attached hydrogens (tertiary/aromatic N) is 1. The number of carboxylic acids is 2. The molecule has 194 valence electrons. The third-order valence-corrected chi connectivity index (χ3v) is 5.16. The summed E-state index contributed by atoms with van der Waals surface area (Å²) in [5.74, 6) is -7.10. The largest absolute Gasteiger partial charge is 0.481 e. The van der Waals surface area contributed by atoms with Gasteiger partial charge in [0, 0.05) is 18.3 Å². The standard InChI is InChI=1S/C20H31N7O8/c1-3-9(2)16(19(33)26-13(20(34)35)5-14(22)28)27-18(32)12(6-15(29)30)25-17(31)11(21)4-10-7-23-8-24-10/h7-9,11-13,16H,3-6,21H2,1-2H3,(H2,22,28)(H,23,24)(H,25,31)(H,26,33)(H,27,32)(H,29,30)(H,34,35). The number of carbonyl (C=O) groups is 6. The molecular formula is C20H31N7O8. The van der Waals surface area contributed by atoms with Gasteiger partial charge >= 0.3 is 11.9 Å². The molecule has 0 aromatic carbocycles. The summed E-state index contributed by atoms with van der Waals surface area (Å²) in [5, 5.41) is 25.2. The Kier molecular flexibility index (Phi) is 11.3. The quantitative estimate of drug-likeness (QED) is 0.123. The molecule has 0 aliphatic heterocycles. The molecule has 0 fully saturated rings. The molecule has 0 bridgehead atoms. The van der Waals surface area contributed by atoms with Crippen molar-refractivity contribution < 1.29 is 39.0 Å². The van der Waals surface area contributed by atoms with Crippen LogP contribution in [0.1, 0.15) is 38.8 Å². The van der Waals surface area contributed by atoms with Gasteiger partial charge in [0.1, 0.15) is 18.1 Å². The minimum absolute atomic E-state index is 0.0432. The van der Waals surface area contributed by atoms with Crippen molar-refractivity contribution in [3.63, 3.8) is 0 Å². The van der Waals surface area contributed by atoms with Crippen LogP contribution in [0, 0.1) is 5.92 Å². The van der Waals surface area contributed by atoms with E-state index in [0.29, 0.717) is 12.1 Å². The summed E-state index contributed by atoms with van der Waals surface area (Å²) in [7, 11) is 0. The number of aromatic amines is 1. The lowest BCUT2D eigenvalue weighted by Crippen LogP contribution is -2.59. The Labute approximate surface area is 200 Å². The van der Waals surface area contributed by atoms with Gasteiger partial charge in [-0.15, -0.1) is 0 Å². The first-order chi connectivity index (χ1) is 16.3. The van der Waals surface area contributed by atoms with Gasteiger partial charge in [0.25, 0.3) is 0 Å². The van der Waals surface area contributed by atoms with Gasteiger partial charge in [-0.3, -0.25) is 24.0 Å². The normalized spacial score (nSPS) is 15.1. The highest BCUT2D eigenvalue weighted by atomic mass is 16.4. The number of nitrogens with two attached hydrogens (primary N) is 2. The van der Waals surface area contributed by atoms with Crippen LogP contribution in [0.3, 0.4) is 0 Å². The summed E-state index contributed by atoms with van der Waals surface area (Å²) < 4.78 is 0. The fourth-order valence-corrected chi connectivity index (χ4v) is 3.01. The molecule has 5 unspecified atom stereocenters. The Balaban J connectivity index is 2.99. The van der Waals surface area contributed by atoms with Crippen LogP contribution in [0.5, 0.6) is 0 Å². The van der Waals surface area contributed by atoms with E-state index < -0.39 is 78.5 Å². The molecule has 1 aromatic rings. The van der Waals surface area contributed by atoms with E-state index in [1.165, 1.54) is 12.5 Å². The third-order valence-electron chi connectivity index (χ3n) is 5.16. The van der Waals surface area contributed by atoms with Crippen molar-refractivity contribution >= 4 is 35.6 Å². The maximum absolute atomic E-state index is 12.9. The minimum Gasteiger partial charge on any atom is -0.481 e. The predicted molar refractivity (Wildman–Crippen MR) is 119 cm³/mol. The van der Waals surface area contributed by atoms with Gasteiger partial charge in [0.15, 0.2) is 0 Å². The molecule has 0 spiro atoms. The van der Waals surface area contributed by atoms with Crippen LogP contribution >= 0.6 is 0 Å². The number of aromatic nitrogens is 2. The number of nitrogens with one attached hydrogen (secondary N) is 4. The molecule has 1 heterocycles. The molecule has 0 saturated heterocycles. The number of hydrogen-bond donors (Lipinski definition) is 8. The van der Waals surface area contributed by atoms with Crippen molar-refractivity contribution in [2.45, 2.75) is 63.7 Å². The lowest BCUT2D eigenvalue weighted by molar-refractivity contribution is -0.144. The molecule has 5 atom stereocenters. The zero-order valence-electron chi connectivity index (χ0n) is 19.3. The van der Waals surface area contributed by atoms with Crippen molar-refractivity contribution in [1.82, 2.24) is 25.9 Å². The summed E-state index contributed by atoms with van der Waals surface area (Å²) in [6, 6.07) is -5.63. The van der Waals surface area contributed by atoms with E-state index in [-0.39, 0.29) is 6.42 Å². The second kappa shape index (κ2) is 13.6. The molecule has 0 radical (unpaired) electrons. The Hall–Kier alpha value is -4.01. The zero-order valence-corrected chi connectivity index (χ0v) is 19.3. The average Bonchev–Trinajstić information content (AvgIpc) is 3.27. The lowest BCUT2D eigenvalue weighted by atomic mass is 9.97. The van der Waals surface area contributed by atoms with Gasteiger partial charge < -0.3 is 42.6 Å². The van der Waals surface area contributed by atoms with Crippen molar-refractivity contribution in [3.05, 3.63) is 18.2 Å². The van der Waals surface area contributed by atoms with Gasteiger partial charge in [0.05, 0.1) is 25.2 Å². The second-order valence-corrected chi connectivity index (χ2v) is 7.99. The molecule has 0 aliphatic rings. The van der Waals surface area contributed by atoms with Crippen molar-refractivity contribution in [2.24, 2.45) is 17.4 Å². The number of carbonyl (C=O) groups excluding carboxylic acids is 4. The maximum atomic E-state index is 12.9. The fraction of sp³-hybridized carbons (Fsp3) is 0.550. The third kappa shape index (κ3) is 9.79. The molecule has 35 heavy (non-hydrogen) atoms. The molecule has 0 saturated carbocycles. The summed E-state index contributed by atoms with van der Waals surface area (Å²) in [4.78, 5) is 78.4. The highest BCUT2D eigenvalue weighted by Crippen LogP contribution is 2.10. The van der Waals surface area contributed by atoms with Gasteiger partial charge in [-0.05, 0) is 5.92 Å². The van der Waals surface area contributed by atoms with Gasteiger partial charge in [-0.2, -0.15) is 0 Å². The SMILES string of the molecule is CCC(C)C(NC(=O)C(CC(=O)O)NC(=O)C(N)Cc1cnc[nH]1)C(=O)NC(CC(N)=O)C(=O)O. The van der Waals surface area contributed by atoms with Crippen LogP contribution in [-0.4, -0.2) is 79.9 Å². The Morgan fingerprint density at radius 3 is 2.11 bits per heavy atom. The number of primary amides is 1. The van der Waals surface area contributed by atoms with Crippen LogP contribution < -0.4 is 27.4 Å². The lowest BCUT2D eigenvalue weighted by Gasteiger charge is -2.27. The van der Waals surface area contributed by atoms with Crippen molar-refractivity contribution in [2.75, 3.05) is 0 Å². The zero-order chi connectivity index (χ0) is 26.7. The summed E-state index contributed by atoms with van der Waals surface area (Å²) >= 11 is 0. The number of aliphatic carboxylic acids is 2. The number of H-pyrrole nitrogens is 1. The molecule has 1 aromatic heterocycles. The minimum atomic E-state index is -1.63. The smallest absolute Gasteiger partial charge is 0.326 e. The average molecular weight is 498 g/mol. The number of amides is 4. The van der Waals surface area contributed by atoms with E-state index in [1.807, 2.05) is 0 Å². The summed E-state index contributed by atoms with van der Waals surface area (Å²) in [6.45, 7) is 3.31. The molecule has 15 nitrogen and oxygen atoms in total. The molecule has 15 heteroatoms. The Bertz CT molecular complexity index is 921. The van der Waals surface area contributed by atoms with E-state index in [1.54, 1.807) is 13.8 Å². The van der Waals surface area contributed by atoms with E-state index in [9.17, 15) is 39.0 Å². The Morgan fingerprint density at radius 1 is 1.00 bits per heavy atom. The summed E-state index contributed by atoms with van der Waals surface area (Å²) in [5.41, 5.74) is 11.4.